The lowest BCUT2D eigenvalue weighted by Gasteiger charge is -2.19. The number of amides is 2. The molecule has 5 heteroatoms. The van der Waals surface area contributed by atoms with E-state index in [1.807, 2.05) is 26.0 Å². The predicted octanol–water partition coefficient (Wildman–Crippen LogP) is 3.45. The molecule has 0 atom stereocenters. The van der Waals surface area contributed by atoms with Gasteiger partial charge in [0.25, 0.3) is 11.8 Å². The van der Waals surface area contributed by atoms with E-state index in [2.05, 4.69) is 15.9 Å². The molecule has 1 aliphatic rings. The summed E-state index contributed by atoms with van der Waals surface area (Å²) in [5.41, 5.74) is 9.19. The van der Waals surface area contributed by atoms with E-state index in [4.69, 9.17) is 5.73 Å². The number of fused-ring (bicyclic) bond motifs is 1. The van der Waals surface area contributed by atoms with Gasteiger partial charge in [0.1, 0.15) is 0 Å². The van der Waals surface area contributed by atoms with E-state index in [-0.39, 0.29) is 11.8 Å². The Bertz CT molecular complexity index is 776. The molecule has 4 nitrogen and oxygen atoms in total. The molecule has 1 aliphatic heterocycles. The predicted molar refractivity (Wildman–Crippen MR) is 85.6 cm³/mol. The van der Waals surface area contributed by atoms with Gasteiger partial charge in [0.05, 0.1) is 16.8 Å². The van der Waals surface area contributed by atoms with Crippen LogP contribution in [0.5, 0.6) is 0 Å². The molecule has 0 bridgehead atoms. The molecule has 0 saturated carbocycles. The molecule has 0 aliphatic carbocycles. The van der Waals surface area contributed by atoms with Crippen LogP contribution in [0.25, 0.3) is 0 Å². The van der Waals surface area contributed by atoms with Crippen molar-refractivity contribution >= 4 is 39.1 Å². The molecule has 2 N–H and O–H groups in total. The van der Waals surface area contributed by atoms with Crippen molar-refractivity contribution in [1.29, 1.82) is 0 Å². The summed E-state index contributed by atoms with van der Waals surface area (Å²) in [5.74, 6) is -0.683. The van der Waals surface area contributed by atoms with Crippen molar-refractivity contribution in [2.75, 3.05) is 10.6 Å². The first-order valence-electron chi connectivity index (χ1n) is 6.46. The van der Waals surface area contributed by atoms with Gasteiger partial charge in [-0.25, -0.2) is 4.90 Å². The number of nitrogens with zero attached hydrogens (tertiary/aromatic N) is 1. The number of carbonyl (C=O) groups is 2. The number of imide groups is 1. The first-order chi connectivity index (χ1) is 9.91. The normalized spacial score (nSPS) is 13.8. The van der Waals surface area contributed by atoms with Gasteiger partial charge in [0.2, 0.25) is 0 Å². The number of hydrogen-bond acceptors (Lipinski definition) is 3. The molecule has 0 unspecified atom stereocenters. The van der Waals surface area contributed by atoms with Crippen molar-refractivity contribution in [3.05, 3.63) is 57.1 Å². The van der Waals surface area contributed by atoms with Crippen molar-refractivity contribution in [2.24, 2.45) is 0 Å². The van der Waals surface area contributed by atoms with E-state index in [1.54, 1.807) is 18.2 Å². The quantitative estimate of drug-likeness (QED) is 0.636. The van der Waals surface area contributed by atoms with Crippen molar-refractivity contribution < 1.29 is 9.59 Å². The number of aryl methyl sites for hydroxylation is 2. The summed E-state index contributed by atoms with van der Waals surface area (Å²) in [5, 5.41) is 0. The minimum atomic E-state index is -0.360. The van der Waals surface area contributed by atoms with Crippen LogP contribution < -0.4 is 10.6 Å². The van der Waals surface area contributed by atoms with Gasteiger partial charge in [0, 0.05) is 10.2 Å². The zero-order valence-corrected chi connectivity index (χ0v) is 13.2. The Hall–Kier alpha value is -2.14. The van der Waals surface area contributed by atoms with Crippen LogP contribution in [0.3, 0.4) is 0 Å². The molecule has 0 radical (unpaired) electrons. The van der Waals surface area contributed by atoms with E-state index < -0.39 is 0 Å². The zero-order chi connectivity index (χ0) is 15.3. The molecule has 1 heterocycles. The van der Waals surface area contributed by atoms with Gasteiger partial charge < -0.3 is 5.73 Å². The molecule has 0 spiro atoms. The average Bonchev–Trinajstić information content (AvgIpc) is 2.64. The standard InChI is InChI=1S/C16H13BrN2O2/c1-8-6-10(17)7-9(2)14(8)19-15(20)11-4-3-5-12(18)13(11)16(19)21/h3-7H,18H2,1-2H3. The minimum absolute atomic E-state index is 0.296. The van der Waals surface area contributed by atoms with Crippen LogP contribution >= 0.6 is 15.9 Å². The number of halogens is 1. The highest BCUT2D eigenvalue weighted by Gasteiger charge is 2.39. The Morgan fingerprint density at radius 3 is 2.24 bits per heavy atom. The first-order valence-corrected chi connectivity index (χ1v) is 7.25. The maximum Gasteiger partial charge on any atom is 0.268 e. The van der Waals surface area contributed by atoms with Crippen LogP contribution in [0.1, 0.15) is 31.8 Å². The molecule has 0 saturated heterocycles. The monoisotopic (exact) mass is 344 g/mol. The lowest BCUT2D eigenvalue weighted by Crippen LogP contribution is -2.31. The Morgan fingerprint density at radius 2 is 1.67 bits per heavy atom. The van der Waals surface area contributed by atoms with Crippen molar-refractivity contribution in [1.82, 2.24) is 0 Å². The number of anilines is 2. The molecule has 21 heavy (non-hydrogen) atoms. The molecule has 2 aromatic carbocycles. The molecular weight excluding hydrogens is 332 g/mol. The SMILES string of the molecule is Cc1cc(Br)cc(C)c1N1C(=O)c2cccc(N)c2C1=O. The Kier molecular flexibility index (Phi) is 3.10. The summed E-state index contributed by atoms with van der Waals surface area (Å²) < 4.78 is 0.914. The third-order valence-electron chi connectivity index (χ3n) is 3.63. The maximum absolute atomic E-state index is 12.6. The summed E-state index contributed by atoms with van der Waals surface area (Å²) in [6, 6.07) is 8.72. The highest BCUT2D eigenvalue weighted by atomic mass is 79.9. The van der Waals surface area contributed by atoms with Gasteiger partial charge in [-0.15, -0.1) is 0 Å². The van der Waals surface area contributed by atoms with Crippen molar-refractivity contribution in [3.8, 4) is 0 Å². The van der Waals surface area contributed by atoms with Crippen LogP contribution in [0.4, 0.5) is 11.4 Å². The topological polar surface area (TPSA) is 63.4 Å². The molecule has 2 aromatic rings. The molecule has 0 aromatic heterocycles. The highest BCUT2D eigenvalue weighted by molar-refractivity contribution is 9.10. The second kappa shape index (κ2) is 4.70. The largest absolute Gasteiger partial charge is 0.398 e. The lowest BCUT2D eigenvalue weighted by molar-refractivity contribution is 0.0926. The smallest absolute Gasteiger partial charge is 0.268 e. The van der Waals surface area contributed by atoms with Gasteiger partial charge in [-0.1, -0.05) is 22.0 Å². The molecule has 106 valence electrons. The lowest BCUT2D eigenvalue weighted by atomic mass is 10.1. The van der Waals surface area contributed by atoms with E-state index in [1.165, 1.54) is 4.90 Å². The maximum atomic E-state index is 12.6. The van der Waals surface area contributed by atoms with Gasteiger partial charge in [-0.3, -0.25) is 9.59 Å². The summed E-state index contributed by atoms with van der Waals surface area (Å²) in [6.07, 6.45) is 0. The average molecular weight is 345 g/mol. The Balaban J connectivity index is 2.22. The van der Waals surface area contributed by atoms with E-state index in [0.29, 0.717) is 22.5 Å². The van der Waals surface area contributed by atoms with E-state index in [9.17, 15) is 9.59 Å². The van der Waals surface area contributed by atoms with Crippen LogP contribution in [-0.4, -0.2) is 11.8 Å². The fourth-order valence-corrected chi connectivity index (χ4v) is 3.46. The van der Waals surface area contributed by atoms with Crippen molar-refractivity contribution in [2.45, 2.75) is 13.8 Å². The number of carbonyl (C=O) groups excluding carboxylic acids is 2. The molecular formula is C16H13BrN2O2. The summed E-state index contributed by atoms with van der Waals surface area (Å²) in [4.78, 5) is 26.4. The number of nitrogen functional groups attached to an aromatic ring is 1. The first kappa shape index (κ1) is 13.8. The zero-order valence-electron chi connectivity index (χ0n) is 11.6. The number of nitrogens with two attached hydrogens (primary N) is 1. The number of hydrogen-bond donors (Lipinski definition) is 1. The van der Waals surface area contributed by atoms with Gasteiger partial charge in [-0.05, 0) is 49.2 Å². The third kappa shape index (κ3) is 1.96. The summed E-state index contributed by atoms with van der Waals surface area (Å²) in [6.45, 7) is 3.75. The van der Waals surface area contributed by atoms with E-state index in [0.717, 1.165) is 15.6 Å². The van der Waals surface area contributed by atoms with Crippen LogP contribution in [0, 0.1) is 13.8 Å². The summed E-state index contributed by atoms with van der Waals surface area (Å²) in [7, 11) is 0. The van der Waals surface area contributed by atoms with Crippen LogP contribution in [0.15, 0.2) is 34.8 Å². The minimum Gasteiger partial charge on any atom is -0.398 e. The second-order valence-electron chi connectivity index (χ2n) is 5.10. The molecule has 2 amide bonds. The van der Waals surface area contributed by atoms with E-state index >= 15 is 0 Å². The van der Waals surface area contributed by atoms with Gasteiger partial charge >= 0.3 is 0 Å². The Morgan fingerprint density at radius 1 is 1.05 bits per heavy atom. The second-order valence-corrected chi connectivity index (χ2v) is 6.02. The van der Waals surface area contributed by atoms with Gasteiger partial charge in [-0.2, -0.15) is 0 Å². The Labute approximate surface area is 130 Å². The number of rotatable bonds is 1. The van der Waals surface area contributed by atoms with Crippen LogP contribution in [-0.2, 0) is 0 Å². The molecule has 3 rings (SSSR count). The van der Waals surface area contributed by atoms with Crippen molar-refractivity contribution in [3.63, 3.8) is 0 Å². The summed E-state index contributed by atoms with van der Waals surface area (Å²) >= 11 is 3.42. The fourth-order valence-electron chi connectivity index (χ4n) is 2.77. The number of benzene rings is 2. The molecule has 0 fully saturated rings. The van der Waals surface area contributed by atoms with Gasteiger partial charge in [0.15, 0.2) is 0 Å². The highest BCUT2D eigenvalue weighted by Crippen LogP contribution is 2.36. The van der Waals surface area contributed by atoms with Crippen LogP contribution in [0.2, 0.25) is 0 Å². The fraction of sp³-hybridized carbons (Fsp3) is 0.125. The third-order valence-corrected chi connectivity index (χ3v) is 4.08.